The van der Waals surface area contributed by atoms with E-state index < -0.39 is 11.8 Å². The molecular weight excluding hydrogens is 240 g/mol. The van der Waals surface area contributed by atoms with Crippen LogP contribution in [0.5, 0.6) is 0 Å². The van der Waals surface area contributed by atoms with Gasteiger partial charge in [-0.15, -0.1) is 0 Å². The van der Waals surface area contributed by atoms with Gasteiger partial charge >= 0.3 is 5.97 Å². The van der Waals surface area contributed by atoms with Crippen molar-refractivity contribution in [1.29, 1.82) is 0 Å². The number of carbonyl (C=O) groups is 2. The van der Waals surface area contributed by atoms with Crippen molar-refractivity contribution in [3.8, 4) is 0 Å². The van der Waals surface area contributed by atoms with Gasteiger partial charge < -0.3 is 5.11 Å². The Morgan fingerprint density at radius 3 is 2.26 bits per heavy atom. The molecule has 0 unspecified atom stereocenters. The van der Waals surface area contributed by atoms with E-state index in [0.717, 1.165) is 16.2 Å². The second-order valence-corrected chi connectivity index (χ2v) is 4.32. The van der Waals surface area contributed by atoms with Crippen molar-refractivity contribution in [3.05, 3.63) is 60.2 Å². The lowest BCUT2D eigenvalue weighted by Crippen LogP contribution is -2.13. The van der Waals surface area contributed by atoms with Crippen LogP contribution in [0.2, 0.25) is 0 Å². The number of rotatable bonds is 2. The van der Waals surface area contributed by atoms with E-state index in [0.29, 0.717) is 5.39 Å². The monoisotopic (exact) mass is 250 g/mol. The number of benzene rings is 3. The zero-order valence-electron chi connectivity index (χ0n) is 9.96. The summed E-state index contributed by atoms with van der Waals surface area (Å²) in [7, 11) is 0. The van der Waals surface area contributed by atoms with E-state index in [1.165, 1.54) is 0 Å². The average Bonchev–Trinajstić information content (AvgIpc) is 2.45. The number of fused-ring (bicyclic) bond motifs is 3. The van der Waals surface area contributed by atoms with Crippen LogP contribution < -0.4 is 0 Å². The Labute approximate surface area is 109 Å². The summed E-state index contributed by atoms with van der Waals surface area (Å²) in [5.41, 5.74) is 0.238. The molecule has 19 heavy (non-hydrogen) atoms. The summed E-state index contributed by atoms with van der Waals surface area (Å²) in [6, 6.07) is 16.6. The SMILES string of the molecule is O=C(O)C(=O)c1cccc2ccc3ccccc3c12. The van der Waals surface area contributed by atoms with E-state index >= 15 is 0 Å². The molecule has 3 heteroatoms. The normalized spacial score (nSPS) is 10.7. The van der Waals surface area contributed by atoms with Gasteiger partial charge in [-0.1, -0.05) is 54.6 Å². The maximum atomic E-state index is 11.8. The van der Waals surface area contributed by atoms with E-state index in [-0.39, 0.29) is 5.56 Å². The standard InChI is InChI=1S/C16H10O3/c17-15(16(18)19)13-7-3-5-11-9-8-10-4-1-2-6-12(10)14(11)13/h1-9H,(H,18,19). The number of hydrogen-bond acceptors (Lipinski definition) is 2. The van der Waals surface area contributed by atoms with E-state index in [2.05, 4.69) is 0 Å². The van der Waals surface area contributed by atoms with Gasteiger partial charge in [-0.05, 0) is 16.2 Å². The molecule has 0 saturated heterocycles. The topological polar surface area (TPSA) is 54.4 Å². The minimum atomic E-state index is -1.43. The van der Waals surface area contributed by atoms with Crippen LogP contribution in [0.25, 0.3) is 21.5 Å². The summed E-state index contributed by atoms with van der Waals surface area (Å²) in [6.45, 7) is 0. The van der Waals surface area contributed by atoms with Crippen LogP contribution in [0.3, 0.4) is 0 Å². The average molecular weight is 250 g/mol. The lowest BCUT2D eigenvalue weighted by molar-refractivity contribution is -0.131. The highest BCUT2D eigenvalue weighted by molar-refractivity contribution is 6.43. The van der Waals surface area contributed by atoms with Gasteiger partial charge in [-0.2, -0.15) is 0 Å². The molecule has 0 radical (unpaired) electrons. The van der Waals surface area contributed by atoms with Crippen LogP contribution in [0.4, 0.5) is 0 Å². The van der Waals surface area contributed by atoms with Crippen molar-refractivity contribution in [3.63, 3.8) is 0 Å². The fraction of sp³-hybridized carbons (Fsp3) is 0. The number of ketones is 1. The third-order valence-electron chi connectivity index (χ3n) is 3.21. The van der Waals surface area contributed by atoms with Crippen LogP contribution in [0, 0.1) is 0 Å². The highest BCUT2D eigenvalue weighted by Crippen LogP contribution is 2.28. The van der Waals surface area contributed by atoms with Gasteiger partial charge in [0, 0.05) is 10.9 Å². The van der Waals surface area contributed by atoms with Gasteiger partial charge in [0.25, 0.3) is 5.78 Å². The van der Waals surface area contributed by atoms with Crippen LogP contribution in [0.15, 0.2) is 54.6 Å². The molecule has 0 atom stereocenters. The maximum Gasteiger partial charge on any atom is 0.377 e. The molecule has 0 spiro atoms. The molecule has 3 aromatic rings. The molecule has 0 aliphatic carbocycles. The van der Waals surface area contributed by atoms with Crippen molar-refractivity contribution in [1.82, 2.24) is 0 Å². The van der Waals surface area contributed by atoms with Crippen molar-refractivity contribution < 1.29 is 14.7 Å². The molecule has 0 aliphatic rings. The van der Waals surface area contributed by atoms with E-state index in [9.17, 15) is 9.59 Å². The third kappa shape index (κ3) is 1.76. The molecule has 0 aliphatic heterocycles. The molecule has 0 saturated carbocycles. The minimum Gasteiger partial charge on any atom is -0.475 e. The van der Waals surface area contributed by atoms with Crippen molar-refractivity contribution >= 4 is 33.3 Å². The van der Waals surface area contributed by atoms with E-state index in [1.807, 2.05) is 42.5 Å². The largest absolute Gasteiger partial charge is 0.475 e. The van der Waals surface area contributed by atoms with Crippen molar-refractivity contribution in [2.24, 2.45) is 0 Å². The van der Waals surface area contributed by atoms with E-state index in [1.54, 1.807) is 12.1 Å². The second-order valence-electron chi connectivity index (χ2n) is 4.32. The molecule has 0 bridgehead atoms. The fourth-order valence-electron chi connectivity index (χ4n) is 2.36. The first kappa shape index (κ1) is 11.4. The van der Waals surface area contributed by atoms with Gasteiger partial charge in [-0.3, -0.25) is 4.79 Å². The van der Waals surface area contributed by atoms with Crippen LogP contribution in [-0.4, -0.2) is 16.9 Å². The molecule has 92 valence electrons. The van der Waals surface area contributed by atoms with Gasteiger partial charge in [0.15, 0.2) is 0 Å². The quantitative estimate of drug-likeness (QED) is 0.431. The second kappa shape index (κ2) is 4.21. The number of carboxylic acids is 1. The van der Waals surface area contributed by atoms with Crippen LogP contribution >= 0.6 is 0 Å². The molecule has 3 nitrogen and oxygen atoms in total. The molecular formula is C16H10O3. The van der Waals surface area contributed by atoms with Crippen molar-refractivity contribution in [2.45, 2.75) is 0 Å². The number of aliphatic carboxylic acids is 1. The summed E-state index contributed by atoms with van der Waals surface area (Å²) < 4.78 is 0. The summed E-state index contributed by atoms with van der Waals surface area (Å²) in [4.78, 5) is 22.7. The lowest BCUT2D eigenvalue weighted by Gasteiger charge is -2.07. The zero-order chi connectivity index (χ0) is 13.4. The zero-order valence-corrected chi connectivity index (χ0v) is 9.96. The summed E-state index contributed by atoms with van der Waals surface area (Å²) in [6.07, 6.45) is 0. The predicted octanol–water partition coefficient (Wildman–Crippen LogP) is 3.26. The number of carboxylic acid groups (broad SMARTS) is 1. The Morgan fingerprint density at radius 1 is 0.789 bits per heavy atom. The Kier molecular flexibility index (Phi) is 2.53. The lowest BCUT2D eigenvalue weighted by atomic mass is 9.96. The maximum absolute atomic E-state index is 11.8. The van der Waals surface area contributed by atoms with Gasteiger partial charge in [0.05, 0.1) is 0 Å². The highest BCUT2D eigenvalue weighted by atomic mass is 16.4. The molecule has 3 aromatic carbocycles. The first-order valence-electron chi connectivity index (χ1n) is 5.86. The minimum absolute atomic E-state index is 0.238. The third-order valence-corrected chi connectivity index (χ3v) is 3.21. The molecule has 0 aromatic heterocycles. The Balaban J connectivity index is 2.49. The smallest absolute Gasteiger partial charge is 0.377 e. The summed E-state index contributed by atoms with van der Waals surface area (Å²) in [5.74, 6) is -2.30. The van der Waals surface area contributed by atoms with Crippen LogP contribution in [0.1, 0.15) is 10.4 Å². The van der Waals surface area contributed by atoms with Gasteiger partial charge in [0.1, 0.15) is 0 Å². The highest BCUT2D eigenvalue weighted by Gasteiger charge is 2.18. The molecule has 1 N–H and O–H groups in total. The first-order valence-corrected chi connectivity index (χ1v) is 5.86. The number of Topliss-reactive ketones (excluding diaryl/α,β-unsaturated/α-hetero) is 1. The molecule has 0 amide bonds. The van der Waals surface area contributed by atoms with Gasteiger partial charge in [-0.25, -0.2) is 4.79 Å². The number of hydrogen-bond donors (Lipinski definition) is 1. The van der Waals surface area contributed by atoms with Crippen molar-refractivity contribution in [2.75, 3.05) is 0 Å². The van der Waals surface area contributed by atoms with E-state index in [4.69, 9.17) is 5.11 Å². The Morgan fingerprint density at radius 2 is 1.47 bits per heavy atom. The predicted molar refractivity (Wildman–Crippen MR) is 73.4 cm³/mol. The van der Waals surface area contributed by atoms with Gasteiger partial charge in [0.2, 0.25) is 0 Å². The molecule has 0 fully saturated rings. The Hall–Kier alpha value is -2.68. The molecule has 0 heterocycles. The Bertz CT molecular complexity index is 818. The van der Waals surface area contributed by atoms with Crippen LogP contribution in [-0.2, 0) is 4.79 Å². The first-order chi connectivity index (χ1) is 9.18. The fourth-order valence-corrected chi connectivity index (χ4v) is 2.36. The summed E-state index contributed by atoms with van der Waals surface area (Å²) in [5, 5.41) is 12.4. The number of carbonyl (C=O) groups excluding carboxylic acids is 1. The molecule has 3 rings (SSSR count). The summed E-state index contributed by atoms with van der Waals surface area (Å²) >= 11 is 0.